The average Bonchev–Trinajstić information content (AvgIpc) is 2.22. The Morgan fingerprint density at radius 3 is 2.33 bits per heavy atom. The van der Waals surface area contributed by atoms with Gasteiger partial charge in [0.25, 0.3) is 0 Å². The Hall–Kier alpha value is -0.680. The first-order valence-electron chi connectivity index (χ1n) is 5.13. The summed E-state index contributed by atoms with van der Waals surface area (Å²) in [6.07, 6.45) is -0.608. The first-order valence-corrected chi connectivity index (χ1v) is 6.26. The van der Waals surface area contributed by atoms with E-state index in [1.54, 1.807) is 0 Å². The number of nitrogens with zero attached hydrogens (tertiary/aromatic N) is 1. The Labute approximate surface area is 121 Å². The smallest absolute Gasteiger partial charge is 0.411 e. The molecule has 1 amide bonds. The predicted molar refractivity (Wildman–Crippen MR) is 75.0 cm³/mol. The maximum absolute atomic E-state index is 11.5. The van der Waals surface area contributed by atoms with Crippen LogP contribution in [0.15, 0.2) is 12.1 Å². The van der Waals surface area contributed by atoms with Crippen LogP contribution in [0.25, 0.3) is 0 Å². The van der Waals surface area contributed by atoms with E-state index < -0.39 is 6.09 Å². The molecule has 0 atom stereocenters. The lowest BCUT2D eigenvalue weighted by atomic mass is 10.3. The zero-order valence-electron chi connectivity index (χ0n) is 9.97. The molecule has 1 N–H and O–H groups in total. The highest BCUT2D eigenvalue weighted by Gasteiger charge is 2.11. The molecule has 0 spiro atoms. The topological polar surface area (TPSA) is 41.6 Å². The fraction of sp³-hybridized carbons (Fsp3) is 0.364. The van der Waals surface area contributed by atoms with Gasteiger partial charge in [-0.05, 0) is 26.2 Å². The third-order valence-electron chi connectivity index (χ3n) is 2.01. The molecule has 0 aliphatic heterocycles. The molecule has 0 heterocycles. The van der Waals surface area contributed by atoms with Gasteiger partial charge in [0.1, 0.15) is 6.61 Å². The molecule has 7 heteroatoms. The Kier molecular flexibility index (Phi) is 6.02. The summed E-state index contributed by atoms with van der Waals surface area (Å²) in [4.78, 5) is 13.4. The standard InChI is InChI=1S/C11H13Cl3N2O2/c1-16(2)3-4-18-11(17)15-10-8(13)5-7(12)6-9(10)14/h5-6H,3-4H2,1-2H3,(H,15,17). The van der Waals surface area contributed by atoms with Crippen molar-refractivity contribution < 1.29 is 9.53 Å². The summed E-state index contributed by atoms with van der Waals surface area (Å²) in [6.45, 7) is 0.914. The highest BCUT2D eigenvalue weighted by Crippen LogP contribution is 2.33. The summed E-state index contributed by atoms with van der Waals surface area (Å²) in [6, 6.07) is 2.98. The number of ether oxygens (including phenoxy) is 1. The quantitative estimate of drug-likeness (QED) is 0.920. The molecule has 1 aromatic rings. The molecule has 0 saturated carbocycles. The monoisotopic (exact) mass is 310 g/mol. The van der Waals surface area contributed by atoms with Crippen LogP contribution in [0.1, 0.15) is 0 Å². The van der Waals surface area contributed by atoms with Gasteiger partial charge in [-0.25, -0.2) is 4.79 Å². The molecule has 0 aliphatic carbocycles. The average molecular weight is 312 g/mol. The van der Waals surface area contributed by atoms with E-state index in [-0.39, 0.29) is 22.3 Å². The summed E-state index contributed by atoms with van der Waals surface area (Å²) in [5.74, 6) is 0. The van der Waals surface area contributed by atoms with Crippen molar-refractivity contribution in [2.75, 3.05) is 32.6 Å². The Morgan fingerprint density at radius 1 is 1.28 bits per heavy atom. The van der Waals surface area contributed by atoms with E-state index in [0.29, 0.717) is 11.6 Å². The van der Waals surface area contributed by atoms with Crippen molar-refractivity contribution >= 4 is 46.6 Å². The number of carbonyl (C=O) groups is 1. The van der Waals surface area contributed by atoms with E-state index in [1.165, 1.54) is 12.1 Å². The van der Waals surface area contributed by atoms with Crippen molar-refractivity contribution in [3.63, 3.8) is 0 Å². The lowest BCUT2D eigenvalue weighted by Crippen LogP contribution is -2.22. The molecule has 0 aromatic heterocycles. The molecule has 0 unspecified atom stereocenters. The molecule has 0 radical (unpaired) electrons. The molecule has 1 aromatic carbocycles. The highest BCUT2D eigenvalue weighted by atomic mass is 35.5. The molecule has 4 nitrogen and oxygen atoms in total. The maximum Gasteiger partial charge on any atom is 0.411 e. The Balaban J connectivity index is 2.59. The minimum atomic E-state index is -0.608. The van der Waals surface area contributed by atoms with E-state index >= 15 is 0 Å². The van der Waals surface area contributed by atoms with Gasteiger partial charge in [-0.2, -0.15) is 0 Å². The van der Waals surface area contributed by atoms with Crippen LogP contribution in [0.3, 0.4) is 0 Å². The summed E-state index contributed by atoms with van der Waals surface area (Å²) in [7, 11) is 3.77. The van der Waals surface area contributed by atoms with Gasteiger partial charge in [0.2, 0.25) is 0 Å². The number of halogens is 3. The van der Waals surface area contributed by atoms with Crippen LogP contribution < -0.4 is 5.32 Å². The Morgan fingerprint density at radius 2 is 1.83 bits per heavy atom. The van der Waals surface area contributed by atoms with Gasteiger partial charge in [0.15, 0.2) is 0 Å². The number of likely N-dealkylation sites (N-methyl/N-ethyl adjacent to an activating group) is 1. The first kappa shape index (κ1) is 15.4. The highest BCUT2D eigenvalue weighted by molar-refractivity contribution is 6.42. The van der Waals surface area contributed by atoms with Crippen LogP contribution >= 0.6 is 34.8 Å². The van der Waals surface area contributed by atoms with Crippen LogP contribution in [-0.4, -0.2) is 38.2 Å². The summed E-state index contributed by atoms with van der Waals surface area (Å²) in [5.41, 5.74) is 0.289. The summed E-state index contributed by atoms with van der Waals surface area (Å²) >= 11 is 17.6. The molecule has 100 valence electrons. The van der Waals surface area contributed by atoms with Gasteiger partial charge < -0.3 is 9.64 Å². The van der Waals surface area contributed by atoms with Crippen LogP contribution in [0.5, 0.6) is 0 Å². The SMILES string of the molecule is CN(C)CCOC(=O)Nc1c(Cl)cc(Cl)cc1Cl. The maximum atomic E-state index is 11.5. The number of rotatable bonds is 4. The van der Waals surface area contributed by atoms with E-state index in [4.69, 9.17) is 39.5 Å². The predicted octanol–water partition coefficient (Wildman–Crippen LogP) is 3.76. The molecular weight excluding hydrogens is 298 g/mol. The largest absolute Gasteiger partial charge is 0.448 e. The lowest BCUT2D eigenvalue weighted by Gasteiger charge is -2.12. The van der Waals surface area contributed by atoms with Crippen LogP contribution in [-0.2, 0) is 4.74 Å². The zero-order valence-corrected chi connectivity index (χ0v) is 12.2. The van der Waals surface area contributed by atoms with Gasteiger partial charge in [-0.15, -0.1) is 0 Å². The van der Waals surface area contributed by atoms with Gasteiger partial charge in [-0.3, -0.25) is 5.32 Å². The van der Waals surface area contributed by atoms with E-state index in [9.17, 15) is 4.79 Å². The van der Waals surface area contributed by atoms with Gasteiger partial charge in [-0.1, -0.05) is 34.8 Å². The normalized spacial score (nSPS) is 10.6. The third-order valence-corrected chi connectivity index (χ3v) is 2.82. The van der Waals surface area contributed by atoms with Gasteiger partial charge >= 0.3 is 6.09 Å². The first-order chi connectivity index (χ1) is 8.40. The number of amides is 1. The minimum Gasteiger partial charge on any atom is -0.448 e. The second-order valence-corrected chi connectivity index (χ2v) is 5.06. The molecule has 0 aliphatic rings. The van der Waals surface area contributed by atoms with E-state index in [0.717, 1.165) is 0 Å². The second kappa shape index (κ2) is 7.04. The fourth-order valence-corrected chi connectivity index (χ4v) is 2.03. The molecule has 0 saturated heterocycles. The number of hydrogen-bond donors (Lipinski definition) is 1. The zero-order chi connectivity index (χ0) is 13.7. The van der Waals surface area contributed by atoms with Gasteiger partial charge in [0, 0.05) is 11.6 Å². The molecule has 1 rings (SSSR count). The van der Waals surface area contributed by atoms with Crippen LogP contribution in [0, 0.1) is 0 Å². The van der Waals surface area contributed by atoms with Crippen LogP contribution in [0.2, 0.25) is 15.1 Å². The van der Waals surface area contributed by atoms with Gasteiger partial charge in [0.05, 0.1) is 15.7 Å². The molecule has 18 heavy (non-hydrogen) atoms. The minimum absolute atomic E-state index is 0.261. The number of carbonyl (C=O) groups excluding carboxylic acids is 1. The van der Waals surface area contributed by atoms with E-state index in [1.807, 2.05) is 19.0 Å². The van der Waals surface area contributed by atoms with Crippen molar-refractivity contribution in [1.82, 2.24) is 4.90 Å². The number of nitrogens with one attached hydrogen (secondary N) is 1. The third kappa shape index (κ3) is 4.90. The van der Waals surface area contributed by atoms with Crippen molar-refractivity contribution in [2.45, 2.75) is 0 Å². The van der Waals surface area contributed by atoms with E-state index in [2.05, 4.69) is 5.32 Å². The Bertz CT molecular complexity index is 415. The van der Waals surface area contributed by atoms with Crippen molar-refractivity contribution in [1.29, 1.82) is 0 Å². The number of anilines is 1. The number of benzene rings is 1. The fourth-order valence-electron chi connectivity index (χ4n) is 1.12. The summed E-state index contributed by atoms with van der Waals surface area (Å²) in [5, 5.41) is 3.40. The van der Waals surface area contributed by atoms with Crippen LogP contribution in [0.4, 0.5) is 10.5 Å². The molecule has 0 bridgehead atoms. The van der Waals surface area contributed by atoms with Crippen molar-refractivity contribution in [3.8, 4) is 0 Å². The number of hydrogen-bond acceptors (Lipinski definition) is 3. The summed E-state index contributed by atoms with van der Waals surface area (Å²) < 4.78 is 4.96. The molecular formula is C11H13Cl3N2O2. The van der Waals surface area contributed by atoms with Crippen molar-refractivity contribution in [3.05, 3.63) is 27.2 Å². The lowest BCUT2D eigenvalue weighted by molar-refractivity contribution is 0.151. The second-order valence-electron chi connectivity index (χ2n) is 3.81. The van der Waals surface area contributed by atoms with Crippen molar-refractivity contribution in [2.24, 2.45) is 0 Å². The molecule has 0 fully saturated rings.